The lowest BCUT2D eigenvalue weighted by Gasteiger charge is -2.22. The molecule has 22 heavy (non-hydrogen) atoms. The first-order valence-electron chi connectivity index (χ1n) is 7.73. The van der Waals surface area contributed by atoms with Crippen LogP contribution in [-0.4, -0.2) is 39.0 Å². The van der Waals surface area contributed by atoms with Crippen LogP contribution >= 0.6 is 11.8 Å². The van der Waals surface area contributed by atoms with Crippen LogP contribution in [0.25, 0.3) is 5.65 Å². The Morgan fingerprint density at radius 3 is 3.14 bits per heavy atom. The average molecular weight is 318 g/mol. The number of nitrogens with one attached hydrogen (secondary N) is 2. The number of imidazole rings is 1. The van der Waals surface area contributed by atoms with Crippen molar-refractivity contribution in [2.24, 2.45) is 0 Å². The van der Waals surface area contributed by atoms with E-state index in [4.69, 9.17) is 0 Å². The van der Waals surface area contributed by atoms with Crippen molar-refractivity contribution in [1.29, 1.82) is 0 Å². The third kappa shape index (κ3) is 3.74. The minimum absolute atomic E-state index is 0.0857. The number of urea groups is 1. The Labute approximate surface area is 134 Å². The summed E-state index contributed by atoms with van der Waals surface area (Å²) in [5.41, 5.74) is 1.93. The highest BCUT2D eigenvalue weighted by Crippen LogP contribution is 2.36. The highest BCUT2D eigenvalue weighted by atomic mass is 32.2. The molecular formula is C16H22N4OS. The summed E-state index contributed by atoms with van der Waals surface area (Å²) in [6.07, 6.45) is 7.15. The standard InChI is InChI=1S/C16H22N4OS/c1-16(7-4-10-22-16)12-18-15(21)17-8-6-13-11-20-9-3-2-5-14(20)19-13/h2-3,5,9,11H,4,6-8,10,12H2,1H3,(H2,17,18,21)/t16-/m0/s1. The van der Waals surface area contributed by atoms with Gasteiger partial charge in [0, 0.05) is 36.7 Å². The summed E-state index contributed by atoms with van der Waals surface area (Å²) in [5, 5.41) is 5.89. The highest BCUT2D eigenvalue weighted by molar-refractivity contribution is 8.00. The van der Waals surface area contributed by atoms with Crippen LogP contribution in [0, 0.1) is 0 Å². The Morgan fingerprint density at radius 2 is 2.36 bits per heavy atom. The van der Waals surface area contributed by atoms with Gasteiger partial charge in [-0.2, -0.15) is 11.8 Å². The third-order valence-electron chi connectivity index (χ3n) is 4.00. The number of rotatable bonds is 5. The summed E-state index contributed by atoms with van der Waals surface area (Å²) >= 11 is 1.95. The van der Waals surface area contributed by atoms with Crippen LogP contribution in [0.3, 0.4) is 0 Å². The van der Waals surface area contributed by atoms with Crippen molar-refractivity contribution in [3.8, 4) is 0 Å². The topological polar surface area (TPSA) is 58.4 Å². The van der Waals surface area contributed by atoms with Gasteiger partial charge < -0.3 is 15.0 Å². The van der Waals surface area contributed by atoms with Crippen molar-refractivity contribution < 1.29 is 4.79 Å². The summed E-state index contributed by atoms with van der Waals surface area (Å²) in [6, 6.07) is 5.84. The van der Waals surface area contributed by atoms with Crippen LogP contribution in [-0.2, 0) is 6.42 Å². The zero-order chi connectivity index (χ0) is 15.4. The molecule has 0 unspecified atom stereocenters. The van der Waals surface area contributed by atoms with Gasteiger partial charge in [-0.3, -0.25) is 0 Å². The molecule has 1 saturated heterocycles. The Morgan fingerprint density at radius 1 is 1.45 bits per heavy atom. The number of nitrogens with zero attached hydrogens (tertiary/aromatic N) is 2. The van der Waals surface area contributed by atoms with Gasteiger partial charge in [0.25, 0.3) is 0 Å². The fraction of sp³-hybridized carbons (Fsp3) is 0.500. The molecule has 0 saturated carbocycles. The molecule has 1 fully saturated rings. The first-order chi connectivity index (χ1) is 10.6. The molecule has 0 radical (unpaired) electrons. The molecule has 1 aliphatic rings. The molecule has 0 aliphatic carbocycles. The number of hydrogen-bond donors (Lipinski definition) is 2. The number of carbonyl (C=O) groups is 1. The molecule has 3 heterocycles. The minimum atomic E-state index is -0.0857. The average Bonchev–Trinajstić information content (AvgIpc) is 3.11. The van der Waals surface area contributed by atoms with Gasteiger partial charge in [-0.15, -0.1) is 0 Å². The number of fused-ring (bicyclic) bond motifs is 1. The highest BCUT2D eigenvalue weighted by Gasteiger charge is 2.29. The number of pyridine rings is 1. The summed E-state index contributed by atoms with van der Waals surface area (Å²) < 4.78 is 2.20. The SMILES string of the molecule is C[C@@]1(CNC(=O)NCCc2cn3ccccc3n2)CCCS1. The quantitative estimate of drug-likeness (QED) is 0.890. The van der Waals surface area contributed by atoms with Gasteiger partial charge >= 0.3 is 6.03 Å². The molecule has 1 aliphatic heterocycles. The molecule has 2 aromatic heterocycles. The van der Waals surface area contributed by atoms with E-state index in [1.165, 1.54) is 18.6 Å². The molecule has 6 heteroatoms. The van der Waals surface area contributed by atoms with Crippen LogP contribution < -0.4 is 10.6 Å². The van der Waals surface area contributed by atoms with E-state index < -0.39 is 0 Å². The van der Waals surface area contributed by atoms with E-state index in [0.717, 1.165) is 24.3 Å². The summed E-state index contributed by atoms with van der Waals surface area (Å²) in [7, 11) is 0. The van der Waals surface area contributed by atoms with Crippen LogP contribution in [0.5, 0.6) is 0 Å². The first-order valence-corrected chi connectivity index (χ1v) is 8.71. The summed E-state index contributed by atoms with van der Waals surface area (Å²) in [4.78, 5) is 16.4. The predicted molar refractivity (Wildman–Crippen MR) is 90.4 cm³/mol. The second-order valence-electron chi connectivity index (χ2n) is 5.96. The van der Waals surface area contributed by atoms with Crippen molar-refractivity contribution in [2.75, 3.05) is 18.8 Å². The van der Waals surface area contributed by atoms with E-state index in [0.29, 0.717) is 6.54 Å². The van der Waals surface area contributed by atoms with Crippen molar-refractivity contribution in [2.45, 2.75) is 30.9 Å². The van der Waals surface area contributed by atoms with Crippen LogP contribution in [0.1, 0.15) is 25.5 Å². The maximum atomic E-state index is 11.8. The predicted octanol–water partition coefficient (Wildman–Crippen LogP) is 2.46. The number of thioether (sulfide) groups is 1. The number of aromatic nitrogens is 2. The second kappa shape index (κ2) is 6.60. The second-order valence-corrected chi connectivity index (χ2v) is 7.64. The lowest BCUT2D eigenvalue weighted by molar-refractivity contribution is 0.240. The normalized spacial score (nSPS) is 21.1. The summed E-state index contributed by atoms with van der Waals surface area (Å²) in [5.74, 6) is 1.20. The Bertz CT molecular complexity index is 615. The fourth-order valence-corrected chi connectivity index (χ4v) is 3.96. The molecule has 0 bridgehead atoms. The van der Waals surface area contributed by atoms with E-state index >= 15 is 0 Å². The monoisotopic (exact) mass is 318 g/mol. The molecule has 3 rings (SSSR count). The van der Waals surface area contributed by atoms with Crippen LogP contribution in [0.4, 0.5) is 4.79 Å². The van der Waals surface area contributed by atoms with E-state index in [2.05, 4.69) is 22.5 Å². The van der Waals surface area contributed by atoms with Gasteiger partial charge in [0.1, 0.15) is 5.65 Å². The fourth-order valence-electron chi connectivity index (χ4n) is 2.72. The van der Waals surface area contributed by atoms with E-state index in [1.807, 2.05) is 46.8 Å². The van der Waals surface area contributed by atoms with Gasteiger partial charge in [0.05, 0.1) is 5.69 Å². The maximum Gasteiger partial charge on any atom is 0.314 e. The van der Waals surface area contributed by atoms with Gasteiger partial charge in [0.15, 0.2) is 0 Å². The Hall–Kier alpha value is -1.69. The summed E-state index contributed by atoms with van der Waals surface area (Å²) in [6.45, 7) is 3.55. The smallest absolute Gasteiger partial charge is 0.314 e. The minimum Gasteiger partial charge on any atom is -0.338 e. The lowest BCUT2D eigenvalue weighted by Crippen LogP contribution is -2.43. The molecule has 0 aromatic carbocycles. The van der Waals surface area contributed by atoms with Gasteiger partial charge in [0.2, 0.25) is 0 Å². The van der Waals surface area contributed by atoms with Gasteiger partial charge in [-0.05, 0) is 37.7 Å². The molecule has 2 aromatic rings. The van der Waals surface area contributed by atoms with Crippen LogP contribution in [0.2, 0.25) is 0 Å². The molecule has 2 amide bonds. The first kappa shape index (κ1) is 15.2. The third-order valence-corrected chi connectivity index (χ3v) is 5.54. The van der Waals surface area contributed by atoms with Crippen molar-refractivity contribution in [3.63, 3.8) is 0 Å². The lowest BCUT2D eigenvalue weighted by atomic mass is 10.1. The van der Waals surface area contributed by atoms with Crippen molar-refractivity contribution in [3.05, 3.63) is 36.3 Å². The van der Waals surface area contributed by atoms with Gasteiger partial charge in [-0.25, -0.2) is 9.78 Å². The Kier molecular flexibility index (Phi) is 4.57. The van der Waals surface area contributed by atoms with E-state index in [-0.39, 0.29) is 10.8 Å². The maximum absolute atomic E-state index is 11.8. The zero-order valence-corrected chi connectivity index (χ0v) is 13.7. The zero-order valence-electron chi connectivity index (χ0n) is 12.8. The van der Waals surface area contributed by atoms with Crippen LogP contribution in [0.15, 0.2) is 30.6 Å². The van der Waals surface area contributed by atoms with E-state index in [1.54, 1.807) is 0 Å². The molecular weight excluding hydrogens is 296 g/mol. The Balaban J connectivity index is 1.41. The molecule has 118 valence electrons. The van der Waals surface area contributed by atoms with E-state index in [9.17, 15) is 4.79 Å². The van der Waals surface area contributed by atoms with Crippen molar-refractivity contribution in [1.82, 2.24) is 20.0 Å². The molecule has 0 spiro atoms. The number of amides is 2. The van der Waals surface area contributed by atoms with Gasteiger partial charge in [-0.1, -0.05) is 6.07 Å². The largest absolute Gasteiger partial charge is 0.338 e. The number of hydrogen-bond acceptors (Lipinski definition) is 3. The molecule has 1 atom stereocenters. The molecule has 5 nitrogen and oxygen atoms in total. The van der Waals surface area contributed by atoms with Crippen molar-refractivity contribution >= 4 is 23.4 Å². The number of carbonyl (C=O) groups excluding carboxylic acids is 1. The molecule has 2 N–H and O–H groups in total.